The van der Waals surface area contributed by atoms with Crippen LogP contribution in [0.25, 0.3) is 0 Å². The minimum absolute atomic E-state index is 0.113. The summed E-state index contributed by atoms with van der Waals surface area (Å²) >= 11 is 5.85. The van der Waals surface area contributed by atoms with Crippen molar-refractivity contribution in [1.82, 2.24) is 5.32 Å². The van der Waals surface area contributed by atoms with E-state index in [1.54, 1.807) is 12.1 Å². The van der Waals surface area contributed by atoms with Gasteiger partial charge in [-0.2, -0.15) is 0 Å². The molecule has 0 aliphatic rings. The summed E-state index contributed by atoms with van der Waals surface area (Å²) in [6.07, 6.45) is 0. The topological polar surface area (TPSA) is 69.6 Å². The molecule has 1 amide bonds. The maximum Gasteiger partial charge on any atom is 0.252 e. The zero-order chi connectivity index (χ0) is 11.3. The third kappa shape index (κ3) is 3.20. The lowest BCUT2D eigenvalue weighted by Gasteiger charge is -2.06. The fourth-order valence-corrected chi connectivity index (χ4v) is 1.39. The molecule has 0 heterocycles. The lowest BCUT2D eigenvalue weighted by molar-refractivity contribution is 0.0945. The smallest absolute Gasteiger partial charge is 0.252 e. The second-order valence-electron chi connectivity index (χ2n) is 2.95. The van der Waals surface area contributed by atoms with Crippen LogP contribution in [0, 0.1) is 0 Å². The molecule has 0 radical (unpaired) electrons. The third-order valence-electron chi connectivity index (χ3n) is 1.86. The Hall–Kier alpha value is -1.10. The predicted octanol–water partition coefficient (Wildman–Crippen LogP) is 0.554. The Morgan fingerprint density at radius 3 is 2.67 bits per heavy atom. The lowest BCUT2D eigenvalue weighted by atomic mass is 10.1. The average molecular weight is 230 g/mol. The van der Waals surface area contributed by atoms with Crippen LogP contribution >= 0.6 is 11.6 Å². The van der Waals surface area contributed by atoms with Gasteiger partial charge in [-0.05, 0) is 17.7 Å². The van der Waals surface area contributed by atoms with Crippen LogP contribution in [0.1, 0.15) is 15.9 Å². The summed E-state index contributed by atoms with van der Waals surface area (Å²) in [6.45, 7) is -0.0345. The molecule has 0 spiro atoms. The van der Waals surface area contributed by atoms with E-state index in [1.165, 1.54) is 6.07 Å². The molecule has 0 aliphatic heterocycles. The maximum atomic E-state index is 11.5. The number of benzene rings is 1. The third-order valence-corrected chi connectivity index (χ3v) is 2.17. The number of nitrogens with one attached hydrogen (secondary N) is 1. The minimum Gasteiger partial charge on any atom is -0.395 e. The van der Waals surface area contributed by atoms with Crippen LogP contribution in [0.3, 0.4) is 0 Å². The van der Waals surface area contributed by atoms with Gasteiger partial charge in [-0.15, -0.1) is 0 Å². The van der Waals surface area contributed by atoms with Crippen LogP contribution < -0.4 is 5.32 Å². The van der Waals surface area contributed by atoms with Gasteiger partial charge in [0, 0.05) is 6.54 Å². The largest absolute Gasteiger partial charge is 0.395 e. The normalized spacial score (nSPS) is 10.1. The highest BCUT2D eigenvalue weighted by Crippen LogP contribution is 2.17. The first-order chi connectivity index (χ1) is 7.19. The quantitative estimate of drug-likeness (QED) is 0.707. The van der Waals surface area contributed by atoms with Crippen molar-refractivity contribution < 1.29 is 15.0 Å². The number of aliphatic hydroxyl groups excluding tert-OH is 2. The highest BCUT2D eigenvalue weighted by Gasteiger charge is 2.09. The molecular formula is C10H12ClNO3. The second-order valence-corrected chi connectivity index (χ2v) is 3.36. The Bertz CT molecular complexity index is 355. The zero-order valence-electron chi connectivity index (χ0n) is 8.03. The summed E-state index contributed by atoms with van der Waals surface area (Å²) in [7, 11) is 0. The van der Waals surface area contributed by atoms with Crippen LogP contribution in [0.2, 0.25) is 5.02 Å². The molecule has 0 bridgehead atoms. The molecule has 3 N–H and O–H groups in total. The Kier molecular flexibility index (Phi) is 4.55. The van der Waals surface area contributed by atoms with Crippen molar-refractivity contribution in [2.75, 3.05) is 13.2 Å². The van der Waals surface area contributed by atoms with E-state index in [2.05, 4.69) is 5.32 Å². The Labute approximate surface area is 92.5 Å². The predicted molar refractivity (Wildman–Crippen MR) is 56.8 cm³/mol. The lowest BCUT2D eigenvalue weighted by Crippen LogP contribution is -2.26. The van der Waals surface area contributed by atoms with E-state index in [0.717, 1.165) is 0 Å². The molecule has 15 heavy (non-hydrogen) atoms. The van der Waals surface area contributed by atoms with E-state index in [-0.39, 0.29) is 30.7 Å². The second kappa shape index (κ2) is 5.70. The van der Waals surface area contributed by atoms with Gasteiger partial charge in [0.05, 0.1) is 23.8 Å². The van der Waals surface area contributed by atoms with E-state index in [9.17, 15) is 4.79 Å². The van der Waals surface area contributed by atoms with E-state index in [4.69, 9.17) is 21.8 Å². The number of amides is 1. The van der Waals surface area contributed by atoms with Crippen molar-refractivity contribution in [3.8, 4) is 0 Å². The summed E-state index contributed by atoms with van der Waals surface area (Å²) in [5.41, 5.74) is 0.987. The summed E-state index contributed by atoms with van der Waals surface area (Å²) in [5, 5.41) is 20.2. The Morgan fingerprint density at radius 2 is 2.13 bits per heavy atom. The highest BCUT2D eigenvalue weighted by molar-refractivity contribution is 6.33. The summed E-state index contributed by atoms with van der Waals surface area (Å²) in [4.78, 5) is 11.5. The number of rotatable bonds is 4. The van der Waals surface area contributed by atoms with Crippen molar-refractivity contribution in [3.05, 3.63) is 34.3 Å². The molecule has 1 aromatic rings. The molecular weight excluding hydrogens is 218 g/mol. The number of halogens is 1. The van der Waals surface area contributed by atoms with Crippen molar-refractivity contribution in [3.63, 3.8) is 0 Å². The molecule has 0 unspecified atom stereocenters. The van der Waals surface area contributed by atoms with Gasteiger partial charge in [-0.3, -0.25) is 4.79 Å². The van der Waals surface area contributed by atoms with Gasteiger partial charge in [0.15, 0.2) is 0 Å². The molecule has 0 fully saturated rings. The van der Waals surface area contributed by atoms with E-state index >= 15 is 0 Å². The Morgan fingerprint density at radius 1 is 1.40 bits per heavy atom. The van der Waals surface area contributed by atoms with Crippen LogP contribution in [-0.4, -0.2) is 29.3 Å². The average Bonchev–Trinajstić information content (AvgIpc) is 2.25. The van der Waals surface area contributed by atoms with Gasteiger partial charge >= 0.3 is 0 Å². The standard InChI is InChI=1S/C10H12ClNO3/c11-9-5-7(6-14)1-2-8(9)10(15)12-3-4-13/h1-2,5,13-14H,3-4,6H2,(H,12,15). The monoisotopic (exact) mass is 229 g/mol. The van der Waals surface area contributed by atoms with Gasteiger partial charge in [0.2, 0.25) is 0 Å². The van der Waals surface area contributed by atoms with Crippen molar-refractivity contribution in [1.29, 1.82) is 0 Å². The van der Waals surface area contributed by atoms with Crippen LogP contribution in [0.4, 0.5) is 0 Å². The van der Waals surface area contributed by atoms with Crippen LogP contribution in [0.15, 0.2) is 18.2 Å². The van der Waals surface area contributed by atoms with Crippen LogP contribution in [0.5, 0.6) is 0 Å². The highest BCUT2D eigenvalue weighted by atomic mass is 35.5. The van der Waals surface area contributed by atoms with Gasteiger partial charge in [-0.1, -0.05) is 17.7 Å². The first kappa shape index (κ1) is 12.0. The number of hydrogen-bond donors (Lipinski definition) is 3. The summed E-state index contributed by atoms with van der Waals surface area (Å²) in [6, 6.07) is 4.70. The molecule has 0 aromatic heterocycles. The van der Waals surface area contributed by atoms with E-state index in [1.807, 2.05) is 0 Å². The van der Waals surface area contributed by atoms with Gasteiger partial charge < -0.3 is 15.5 Å². The number of carbonyl (C=O) groups excluding carboxylic acids is 1. The fraction of sp³-hybridized carbons (Fsp3) is 0.300. The summed E-state index contributed by atoms with van der Waals surface area (Å²) < 4.78 is 0. The molecule has 4 nitrogen and oxygen atoms in total. The molecule has 0 saturated carbocycles. The fourth-order valence-electron chi connectivity index (χ4n) is 1.11. The molecule has 0 saturated heterocycles. The van der Waals surface area contributed by atoms with Crippen LogP contribution in [-0.2, 0) is 6.61 Å². The zero-order valence-corrected chi connectivity index (χ0v) is 8.79. The molecule has 1 rings (SSSR count). The van der Waals surface area contributed by atoms with Gasteiger partial charge in [0.25, 0.3) is 5.91 Å². The first-order valence-electron chi connectivity index (χ1n) is 4.47. The molecule has 5 heteroatoms. The molecule has 1 aromatic carbocycles. The van der Waals surface area contributed by atoms with E-state index in [0.29, 0.717) is 11.1 Å². The minimum atomic E-state index is -0.335. The van der Waals surface area contributed by atoms with Gasteiger partial charge in [0.1, 0.15) is 0 Å². The van der Waals surface area contributed by atoms with E-state index < -0.39 is 0 Å². The van der Waals surface area contributed by atoms with Gasteiger partial charge in [-0.25, -0.2) is 0 Å². The van der Waals surface area contributed by atoms with Crippen molar-refractivity contribution in [2.45, 2.75) is 6.61 Å². The number of carbonyl (C=O) groups is 1. The molecule has 0 aliphatic carbocycles. The SMILES string of the molecule is O=C(NCCO)c1ccc(CO)cc1Cl. The number of aliphatic hydroxyl groups is 2. The first-order valence-corrected chi connectivity index (χ1v) is 4.85. The van der Waals surface area contributed by atoms with Crippen molar-refractivity contribution >= 4 is 17.5 Å². The Balaban J connectivity index is 2.81. The maximum absolute atomic E-state index is 11.5. The summed E-state index contributed by atoms with van der Waals surface area (Å²) in [5.74, 6) is -0.335. The van der Waals surface area contributed by atoms with Crippen molar-refractivity contribution in [2.24, 2.45) is 0 Å². The number of hydrogen-bond acceptors (Lipinski definition) is 3. The molecule has 0 atom stereocenters. The molecule has 82 valence electrons.